The zero-order valence-corrected chi connectivity index (χ0v) is 14.4. The molecule has 0 spiro atoms. The van der Waals surface area contributed by atoms with Gasteiger partial charge >= 0.3 is 0 Å². The Morgan fingerprint density at radius 1 is 0.955 bits per heavy atom. The SMILES string of the molecule is Cc1ccc(-c2nnc(Nc3ccc(Cl)c(Cl)c3)s2)c(C)c1. The highest BCUT2D eigenvalue weighted by molar-refractivity contribution is 7.18. The lowest BCUT2D eigenvalue weighted by Crippen LogP contribution is -1.89. The summed E-state index contributed by atoms with van der Waals surface area (Å²) in [5.74, 6) is 0. The van der Waals surface area contributed by atoms with Crippen molar-refractivity contribution in [2.45, 2.75) is 13.8 Å². The standard InChI is InChI=1S/C16H13Cl2N3S/c1-9-3-5-12(10(2)7-9)15-20-21-16(22-15)19-11-4-6-13(17)14(18)8-11/h3-8H,1-2H3,(H,19,21). The van der Waals surface area contributed by atoms with Crippen LogP contribution in [0.3, 0.4) is 0 Å². The summed E-state index contributed by atoms with van der Waals surface area (Å²) in [4.78, 5) is 0. The Kier molecular flexibility index (Phi) is 4.34. The third-order valence-electron chi connectivity index (χ3n) is 3.21. The van der Waals surface area contributed by atoms with Crippen LogP contribution in [0.25, 0.3) is 10.6 Å². The molecule has 3 rings (SSSR count). The minimum Gasteiger partial charge on any atom is -0.330 e. The second kappa shape index (κ2) is 6.24. The van der Waals surface area contributed by atoms with Crippen molar-refractivity contribution in [3.63, 3.8) is 0 Å². The van der Waals surface area contributed by atoms with Crippen LogP contribution in [-0.2, 0) is 0 Å². The van der Waals surface area contributed by atoms with Gasteiger partial charge in [-0.3, -0.25) is 0 Å². The molecule has 0 unspecified atom stereocenters. The van der Waals surface area contributed by atoms with Crippen molar-refractivity contribution in [3.05, 3.63) is 57.6 Å². The van der Waals surface area contributed by atoms with Gasteiger partial charge in [0, 0.05) is 11.3 Å². The number of nitrogens with zero attached hydrogens (tertiary/aromatic N) is 2. The summed E-state index contributed by atoms with van der Waals surface area (Å²) >= 11 is 13.4. The topological polar surface area (TPSA) is 37.8 Å². The highest BCUT2D eigenvalue weighted by atomic mass is 35.5. The average molecular weight is 350 g/mol. The minimum absolute atomic E-state index is 0.505. The number of rotatable bonds is 3. The number of hydrogen-bond donors (Lipinski definition) is 1. The molecule has 112 valence electrons. The van der Waals surface area contributed by atoms with E-state index in [1.165, 1.54) is 22.5 Å². The molecule has 0 radical (unpaired) electrons. The molecular weight excluding hydrogens is 337 g/mol. The molecule has 0 aliphatic rings. The molecule has 0 bridgehead atoms. The van der Waals surface area contributed by atoms with Crippen LogP contribution in [0.1, 0.15) is 11.1 Å². The molecule has 0 saturated carbocycles. The van der Waals surface area contributed by atoms with Crippen molar-refractivity contribution in [1.82, 2.24) is 10.2 Å². The molecule has 0 fully saturated rings. The van der Waals surface area contributed by atoms with Crippen LogP contribution in [-0.4, -0.2) is 10.2 Å². The Hall–Kier alpha value is -1.62. The van der Waals surface area contributed by atoms with Crippen LogP contribution in [0.15, 0.2) is 36.4 Å². The summed E-state index contributed by atoms with van der Waals surface area (Å²) in [6.45, 7) is 4.16. The van der Waals surface area contributed by atoms with Crippen molar-refractivity contribution >= 4 is 45.4 Å². The molecule has 1 heterocycles. The van der Waals surface area contributed by atoms with Gasteiger partial charge in [-0.1, -0.05) is 58.3 Å². The number of benzene rings is 2. The van der Waals surface area contributed by atoms with Gasteiger partial charge in [0.15, 0.2) is 0 Å². The predicted octanol–water partition coefficient (Wildman–Crippen LogP) is 5.87. The fourth-order valence-corrected chi connectivity index (χ4v) is 3.29. The summed E-state index contributed by atoms with van der Waals surface area (Å²) in [5.41, 5.74) is 4.36. The predicted molar refractivity (Wildman–Crippen MR) is 94.6 cm³/mol. The molecule has 0 aliphatic carbocycles. The summed E-state index contributed by atoms with van der Waals surface area (Å²) in [7, 11) is 0. The van der Waals surface area contributed by atoms with Gasteiger partial charge in [-0.25, -0.2) is 0 Å². The second-order valence-corrected chi connectivity index (χ2v) is 6.78. The van der Waals surface area contributed by atoms with Crippen molar-refractivity contribution in [2.75, 3.05) is 5.32 Å². The zero-order valence-electron chi connectivity index (χ0n) is 12.0. The van der Waals surface area contributed by atoms with Crippen LogP contribution in [0.2, 0.25) is 10.0 Å². The third kappa shape index (κ3) is 3.24. The molecule has 22 heavy (non-hydrogen) atoms. The lowest BCUT2D eigenvalue weighted by atomic mass is 10.1. The van der Waals surface area contributed by atoms with Crippen LogP contribution in [0.5, 0.6) is 0 Å². The van der Waals surface area contributed by atoms with E-state index >= 15 is 0 Å². The summed E-state index contributed by atoms with van der Waals surface area (Å²) < 4.78 is 0. The second-order valence-electron chi connectivity index (χ2n) is 4.98. The van der Waals surface area contributed by atoms with Crippen LogP contribution in [0, 0.1) is 13.8 Å². The molecule has 2 aromatic carbocycles. The monoisotopic (exact) mass is 349 g/mol. The normalized spacial score (nSPS) is 10.7. The quantitative estimate of drug-likeness (QED) is 0.642. The summed E-state index contributed by atoms with van der Waals surface area (Å²) in [6, 6.07) is 11.7. The number of hydrogen-bond acceptors (Lipinski definition) is 4. The van der Waals surface area contributed by atoms with Gasteiger partial charge in [0.05, 0.1) is 10.0 Å². The van der Waals surface area contributed by atoms with E-state index in [0.717, 1.165) is 16.3 Å². The lowest BCUT2D eigenvalue weighted by molar-refractivity contribution is 1.09. The summed E-state index contributed by atoms with van der Waals surface area (Å²) in [5, 5.41) is 14.3. The molecule has 1 N–H and O–H groups in total. The summed E-state index contributed by atoms with van der Waals surface area (Å²) in [6.07, 6.45) is 0. The molecule has 0 atom stereocenters. The van der Waals surface area contributed by atoms with E-state index in [-0.39, 0.29) is 0 Å². The highest BCUT2D eigenvalue weighted by Gasteiger charge is 2.10. The van der Waals surface area contributed by atoms with E-state index in [0.29, 0.717) is 15.2 Å². The van der Waals surface area contributed by atoms with Gasteiger partial charge in [0.1, 0.15) is 5.01 Å². The highest BCUT2D eigenvalue weighted by Crippen LogP contribution is 2.32. The Labute approximate surface area is 142 Å². The van der Waals surface area contributed by atoms with Gasteiger partial charge in [-0.2, -0.15) is 0 Å². The van der Waals surface area contributed by atoms with Crippen LogP contribution in [0.4, 0.5) is 10.8 Å². The van der Waals surface area contributed by atoms with Gasteiger partial charge in [0.2, 0.25) is 5.13 Å². The first-order valence-electron chi connectivity index (χ1n) is 6.66. The Bertz CT molecular complexity index is 830. The first kappa shape index (κ1) is 15.3. The first-order chi connectivity index (χ1) is 10.5. The Morgan fingerprint density at radius 2 is 1.77 bits per heavy atom. The smallest absolute Gasteiger partial charge is 0.210 e. The van der Waals surface area contributed by atoms with Gasteiger partial charge in [0.25, 0.3) is 0 Å². The molecular formula is C16H13Cl2N3S. The van der Waals surface area contributed by atoms with Crippen molar-refractivity contribution < 1.29 is 0 Å². The maximum absolute atomic E-state index is 6.01. The van der Waals surface area contributed by atoms with Gasteiger partial charge in [-0.15, -0.1) is 10.2 Å². The largest absolute Gasteiger partial charge is 0.330 e. The molecule has 3 nitrogen and oxygen atoms in total. The maximum atomic E-state index is 6.01. The van der Waals surface area contributed by atoms with Crippen LogP contribution < -0.4 is 5.32 Å². The molecule has 0 aliphatic heterocycles. The molecule has 3 aromatic rings. The van der Waals surface area contributed by atoms with E-state index in [2.05, 4.69) is 47.6 Å². The minimum atomic E-state index is 0.505. The van der Waals surface area contributed by atoms with E-state index in [4.69, 9.17) is 23.2 Å². The number of halogens is 2. The first-order valence-corrected chi connectivity index (χ1v) is 8.23. The number of aromatic nitrogens is 2. The van der Waals surface area contributed by atoms with Crippen LogP contribution >= 0.6 is 34.5 Å². The number of anilines is 2. The Balaban J connectivity index is 1.85. The molecule has 0 amide bonds. The number of aryl methyl sites for hydroxylation is 2. The number of nitrogens with one attached hydrogen (secondary N) is 1. The third-order valence-corrected chi connectivity index (χ3v) is 4.82. The average Bonchev–Trinajstić information content (AvgIpc) is 2.91. The maximum Gasteiger partial charge on any atom is 0.210 e. The molecule has 0 saturated heterocycles. The van der Waals surface area contributed by atoms with E-state index < -0.39 is 0 Å². The fraction of sp³-hybridized carbons (Fsp3) is 0.125. The Morgan fingerprint density at radius 3 is 2.50 bits per heavy atom. The zero-order chi connectivity index (χ0) is 15.7. The van der Waals surface area contributed by atoms with Gasteiger partial charge in [-0.05, 0) is 37.6 Å². The fourth-order valence-electron chi connectivity index (χ4n) is 2.13. The van der Waals surface area contributed by atoms with Crippen molar-refractivity contribution in [1.29, 1.82) is 0 Å². The molecule has 1 aromatic heterocycles. The lowest BCUT2D eigenvalue weighted by Gasteiger charge is -2.03. The van der Waals surface area contributed by atoms with E-state index in [1.54, 1.807) is 12.1 Å². The van der Waals surface area contributed by atoms with Crippen molar-refractivity contribution in [2.24, 2.45) is 0 Å². The molecule has 6 heteroatoms. The van der Waals surface area contributed by atoms with Crippen molar-refractivity contribution in [3.8, 4) is 10.6 Å². The van der Waals surface area contributed by atoms with Gasteiger partial charge < -0.3 is 5.32 Å². The van der Waals surface area contributed by atoms with E-state index in [9.17, 15) is 0 Å². The van der Waals surface area contributed by atoms with E-state index in [1.807, 2.05) is 6.07 Å².